The number of aryl methyl sites for hydroxylation is 1. The lowest BCUT2D eigenvalue weighted by molar-refractivity contribution is 0.0483. The van der Waals surface area contributed by atoms with Crippen LogP contribution in [0.4, 0.5) is 0 Å². The average Bonchev–Trinajstić information content (AvgIpc) is 2.95. The first-order valence-corrected chi connectivity index (χ1v) is 6.69. The molecule has 0 aliphatic rings. The van der Waals surface area contributed by atoms with Gasteiger partial charge in [0.05, 0.1) is 13.7 Å². The number of methoxy groups -OCH3 is 1. The summed E-state index contributed by atoms with van der Waals surface area (Å²) in [6.07, 6.45) is 0. The van der Waals surface area contributed by atoms with Crippen molar-refractivity contribution in [1.82, 2.24) is 0 Å². The van der Waals surface area contributed by atoms with Gasteiger partial charge in [0.25, 0.3) is 5.95 Å². The lowest BCUT2D eigenvalue weighted by Crippen LogP contribution is -2.06. The van der Waals surface area contributed by atoms with Gasteiger partial charge in [-0.15, -0.1) is 0 Å². The molecular formula is C16H16O6. The number of carbonyl (C=O) groups excluding carboxylic acids is 2. The highest BCUT2D eigenvalue weighted by molar-refractivity contribution is 5.94. The summed E-state index contributed by atoms with van der Waals surface area (Å²) in [6, 6.07) is 8.06. The van der Waals surface area contributed by atoms with Crippen LogP contribution in [0.15, 0.2) is 34.7 Å². The van der Waals surface area contributed by atoms with E-state index in [-0.39, 0.29) is 24.1 Å². The summed E-state index contributed by atoms with van der Waals surface area (Å²) in [5.41, 5.74) is 1.01. The molecule has 0 unspecified atom stereocenters. The molecule has 1 heterocycles. The Balaban J connectivity index is 2.26. The van der Waals surface area contributed by atoms with Crippen molar-refractivity contribution in [1.29, 1.82) is 0 Å². The Hall–Kier alpha value is -2.76. The molecule has 1 aromatic heterocycles. The third-order valence-corrected chi connectivity index (χ3v) is 2.89. The molecule has 0 bridgehead atoms. The molecule has 0 spiro atoms. The van der Waals surface area contributed by atoms with E-state index in [9.17, 15) is 9.59 Å². The topological polar surface area (TPSA) is 75.0 Å². The molecule has 0 atom stereocenters. The van der Waals surface area contributed by atoms with Gasteiger partial charge >= 0.3 is 11.9 Å². The molecule has 0 saturated carbocycles. The number of hydrogen-bond donors (Lipinski definition) is 0. The zero-order valence-corrected chi connectivity index (χ0v) is 12.5. The van der Waals surface area contributed by atoms with E-state index in [1.165, 1.54) is 19.2 Å². The van der Waals surface area contributed by atoms with Gasteiger partial charge in [0.2, 0.25) is 5.76 Å². The number of rotatable bonds is 5. The summed E-state index contributed by atoms with van der Waals surface area (Å²) < 4.78 is 20.4. The molecule has 0 aliphatic heterocycles. The van der Waals surface area contributed by atoms with Crippen LogP contribution in [0.25, 0.3) is 0 Å². The Morgan fingerprint density at radius 1 is 1.14 bits per heavy atom. The Labute approximate surface area is 127 Å². The molecule has 0 aliphatic carbocycles. The van der Waals surface area contributed by atoms with E-state index in [4.69, 9.17) is 18.6 Å². The van der Waals surface area contributed by atoms with E-state index in [0.717, 1.165) is 0 Å². The molecule has 0 amide bonds. The molecule has 0 radical (unpaired) electrons. The number of esters is 2. The highest BCUT2D eigenvalue weighted by Gasteiger charge is 2.19. The van der Waals surface area contributed by atoms with Gasteiger partial charge in [-0.2, -0.15) is 0 Å². The highest BCUT2D eigenvalue weighted by Crippen LogP contribution is 2.29. The van der Waals surface area contributed by atoms with Crippen molar-refractivity contribution in [3.05, 3.63) is 47.2 Å². The minimum absolute atomic E-state index is 0.0316. The molecule has 0 N–H and O–H groups in total. The Bertz CT molecular complexity index is 686. The van der Waals surface area contributed by atoms with E-state index in [1.54, 1.807) is 32.0 Å². The molecule has 6 heteroatoms. The lowest BCUT2D eigenvalue weighted by atomic mass is 10.1. The summed E-state index contributed by atoms with van der Waals surface area (Å²) >= 11 is 0. The molecule has 22 heavy (non-hydrogen) atoms. The molecule has 0 fully saturated rings. The van der Waals surface area contributed by atoms with E-state index in [1.807, 2.05) is 0 Å². The number of furan rings is 1. The van der Waals surface area contributed by atoms with Gasteiger partial charge in [0.1, 0.15) is 11.3 Å². The fraction of sp³-hybridized carbons (Fsp3) is 0.250. The molecule has 2 aromatic rings. The maximum atomic E-state index is 11.8. The van der Waals surface area contributed by atoms with Crippen LogP contribution in [0, 0.1) is 6.92 Å². The van der Waals surface area contributed by atoms with Crippen molar-refractivity contribution >= 4 is 11.9 Å². The predicted molar refractivity (Wildman–Crippen MR) is 77.3 cm³/mol. The van der Waals surface area contributed by atoms with Crippen LogP contribution >= 0.6 is 0 Å². The van der Waals surface area contributed by atoms with Gasteiger partial charge in [-0.1, -0.05) is 12.1 Å². The quantitative estimate of drug-likeness (QED) is 0.789. The number of carbonyl (C=O) groups is 2. The summed E-state index contributed by atoms with van der Waals surface area (Å²) in [7, 11) is 1.30. The maximum absolute atomic E-state index is 11.8. The van der Waals surface area contributed by atoms with Crippen molar-refractivity contribution in [2.24, 2.45) is 0 Å². The van der Waals surface area contributed by atoms with Crippen molar-refractivity contribution in [3.63, 3.8) is 0 Å². The smallest absolute Gasteiger partial charge is 0.374 e. The van der Waals surface area contributed by atoms with Crippen LogP contribution < -0.4 is 4.74 Å². The fourth-order valence-electron chi connectivity index (χ4n) is 1.88. The molecule has 6 nitrogen and oxygen atoms in total. The second-order valence-electron chi connectivity index (χ2n) is 4.38. The van der Waals surface area contributed by atoms with Gasteiger partial charge in [-0.25, -0.2) is 9.59 Å². The first-order chi connectivity index (χ1) is 10.6. The van der Waals surface area contributed by atoms with Crippen LogP contribution in [0.5, 0.6) is 11.7 Å². The monoisotopic (exact) mass is 304 g/mol. The Morgan fingerprint density at radius 2 is 1.91 bits per heavy atom. The second-order valence-corrected chi connectivity index (χ2v) is 4.38. The average molecular weight is 304 g/mol. The van der Waals surface area contributed by atoms with Crippen LogP contribution in [0.3, 0.4) is 0 Å². The minimum atomic E-state index is -0.574. The van der Waals surface area contributed by atoms with Crippen molar-refractivity contribution in [3.8, 4) is 11.7 Å². The van der Waals surface area contributed by atoms with Crippen LogP contribution in [0.2, 0.25) is 0 Å². The minimum Gasteiger partial charge on any atom is -0.465 e. The Morgan fingerprint density at radius 3 is 2.59 bits per heavy atom. The van der Waals surface area contributed by atoms with Crippen molar-refractivity contribution < 1.29 is 28.2 Å². The van der Waals surface area contributed by atoms with Crippen molar-refractivity contribution in [2.75, 3.05) is 13.7 Å². The van der Waals surface area contributed by atoms with Gasteiger partial charge < -0.3 is 18.6 Å². The summed E-state index contributed by atoms with van der Waals surface area (Å²) in [5.74, 6) is -0.681. The zero-order chi connectivity index (χ0) is 16.1. The Kier molecular flexibility index (Phi) is 4.83. The van der Waals surface area contributed by atoms with Crippen LogP contribution in [-0.4, -0.2) is 25.7 Å². The normalized spacial score (nSPS) is 10.1. The van der Waals surface area contributed by atoms with Crippen LogP contribution in [0.1, 0.15) is 33.4 Å². The zero-order valence-electron chi connectivity index (χ0n) is 12.5. The largest absolute Gasteiger partial charge is 0.465 e. The van der Waals surface area contributed by atoms with E-state index in [2.05, 4.69) is 0 Å². The molecule has 116 valence electrons. The van der Waals surface area contributed by atoms with Gasteiger partial charge in [-0.05, 0) is 31.5 Å². The number of benzene rings is 1. The fourth-order valence-corrected chi connectivity index (χ4v) is 1.88. The van der Waals surface area contributed by atoms with E-state index in [0.29, 0.717) is 11.1 Å². The summed E-state index contributed by atoms with van der Waals surface area (Å²) in [6.45, 7) is 3.72. The first kappa shape index (κ1) is 15.6. The van der Waals surface area contributed by atoms with Crippen molar-refractivity contribution in [2.45, 2.75) is 13.8 Å². The van der Waals surface area contributed by atoms with Gasteiger partial charge in [0.15, 0.2) is 0 Å². The first-order valence-electron chi connectivity index (χ1n) is 6.69. The summed E-state index contributed by atoms with van der Waals surface area (Å²) in [5, 5.41) is 0. The molecular weight excluding hydrogens is 288 g/mol. The lowest BCUT2D eigenvalue weighted by Gasteiger charge is -2.10. The van der Waals surface area contributed by atoms with Gasteiger partial charge in [0, 0.05) is 6.07 Å². The van der Waals surface area contributed by atoms with Crippen LogP contribution in [-0.2, 0) is 9.47 Å². The maximum Gasteiger partial charge on any atom is 0.374 e. The summed E-state index contributed by atoms with van der Waals surface area (Å²) in [4.78, 5) is 23.4. The SMILES string of the molecule is CCOC(=O)c1ccc(Oc2cccc(C)c2C(=O)OC)o1. The van der Waals surface area contributed by atoms with E-state index >= 15 is 0 Å². The second kappa shape index (κ2) is 6.80. The third kappa shape index (κ3) is 3.28. The molecule has 1 aromatic carbocycles. The predicted octanol–water partition coefficient (Wildman–Crippen LogP) is 3.34. The highest BCUT2D eigenvalue weighted by atomic mass is 16.6. The molecule has 2 rings (SSSR count). The third-order valence-electron chi connectivity index (χ3n) is 2.89. The van der Waals surface area contributed by atoms with Gasteiger partial charge in [-0.3, -0.25) is 0 Å². The van der Waals surface area contributed by atoms with E-state index < -0.39 is 11.9 Å². The number of ether oxygens (including phenoxy) is 3. The molecule has 0 saturated heterocycles. The number of hydrogen-bond acceptors (Lipinski definition) is 6. The standard InChI is InChI=1S/C16H16O6/c1-4-20-15(17)12-8-9-13(22-12)21-11-7-5-6-10(2)14(11)16(18)19-3/h5-9H,4H2,1-3H3.